The van der Waals surface area contributed by atoms with Gasteiger partial charge in [0.25, 0.3) is 5.91 Å². The number of hydrogen-bond donors (Lipinski definition) is 1. The van der Waals surface area contributed by atoms with Crippen molar-refractivity contribution in [2.75, 3.05) is 78.1 Å². The zero-order valence-electron chi connectivity index (χ0n) is 20.5. The Labute approximate surface area is 216 Å². The van der Waals surface area contributed by atoms with Crippen LogP contribution in [0.15, 0.2) is 48.5 Å². The van der Waals surface area contributed by atoms with E-state index < -0.39 is 0 Å². The quantitative estimate of drug-likeness (QED) is 0.538. The van der Waals surface area contributed by atoms with Crippen molar-refractivity contribution in [3.8, 4) is 5.75 Å². The molecule has 2 aromatic rings. The predicted octanol–water partition coefficient (Wildman–Crippen LogP) is 2.71. The number of methoxy groups -OCH3 is 1. The summed E-state index contributed by atoms with van der Waals surface area (Å²) in [7, 11) is 1.60. The molecule has 1 atom stereocenters. The molecule has 10 heteroatoms. The number of benzene rings is 2. The summed E-state index contributed by atoms with van der Waals surface area (Å²) in [5, 5.41) is 3.72. The molecule has 0 spiro atoms. The molecule has 4 rings (SSSR count). The average molecular weight is 517 g/mol. The van der Waals surface area contributed by atoms with Crippen LogP contribution >= 0.6 is 12.2 Å². The Morgan fingerprint density at radius 1 is 1.11 bits per heavy atom. The van der Waals surface area contributed by atoms with Crippen molar-refractivity contribution in [1.29, 1.82) is 0 Å². The minimum Gasteiger partial charge on any atom is -0.497 e. The highest BCUT2D eigenvalue weighted by Gasteiger charge is 2.27. The molecule has 0 aliphatic carbocycles. The Morgan fingerprint density at radius 3 is 2.53 bits per heavy atom. The second kappa shape index (κ2) is 13.0. The topological polar surface area (TPSA) is 66.5 Å². The van der Waals surface area contributed by atoms with Gasteiger partial charge in [0, 0.05) is 57.1 Å². The summed E-state index contributed by atoms with van der Waals surface area (Å²) in [6.45, 7) is 6.66. The molecule has 194 valence electrons. The van der Waals surface area contributed by atoms with E-state index in [0.29, 0.717) is 62.4 Å². The number of nitrogens with one attached hydrogen (secondary N) is 1. The molecule has 0 unspecified atom stereocenters. The highest BCUT2D eigenvalue weighted by atomic mass is 32.1. The van der Waals surface area contributed by atoms with Crippen LogP contribution in [0.2, 0.25) is 0 Å². The van der Waals surface area contributed by atoms with Crippen LogP contribution in [0.4, 0.5) is 10.1 Å². The van der Waals surface area contributed by atoms with Gasteiger partial charge < -0.3 is 29.3 Å². The number of hydrogen-bond acceptors (Lipinski definition) is 6. The maximum absolute atomic E-state index is 13.5. The molecule has 2 aliphatic heterocycles. The fourth-order valence-corrected chi connectivity index (χ4v) is 4.56. The SMILES string of the molecule is COc1ccc(C(=O)N(CCN2CCOCC2)C[C@H]2CN(C(=S)Nc3ccc(F)cc3)CCO2)cc1. The van der Waals surface area contributed by atoms with Crippen LogP contribution in [0.25, 0.3) is 0 Å². The average Bonchev–Trinajstić information content (AvgIpc) is 2.92. The van der Waals surface area contributed by atoms with Gasteiger partial charge in [-0.1, -0.05) is 0 Å². The monoisotopic (exact) mass is 516 g/mol. The van der Waals surface area contributed by atoms with Crippen molar-refractivity contribution in [2.45, 2.75) is 6.10 Å². The van der Waals surface area contributed by atoms with Crippen molar-refractivity contribution >= 4 is 28.9 Å². The fourth-order valence-electron chi connectivity index (χ4n) is 4.27. The van der Waals surface area contributed by atoms with Crippen molar-refractivity contribution in [1.82, 2.24) is 14.7 Å². The van der Waals surface area contributed by atoms with Gasteiger partial charge in [-0.2, -0.15) is 0 Å². The lowest BCUT2D eigenvalue weighted by Gasteiger charge is -2.37. The summed E-state index contributed by atoms with van der Waals surface area (Å²) in [4.78, 5) is 19.7. The molecule has 1 amide bonds. The van der Waals surface area contributed by atoms with Gasteiger partial charge in [0.2, 0.25) is 0 Å². The number of carbonyl (C=O) groups excluding carboxylic acids is 1. The molecule has 1 N–H and O–H groups in total. The first kappa shape index (κ1) is 26.3. The molecule has 0 bridgehead atoms. The fraction of sp³-hybridized carbons (Fsp3) is 0.462. The lowest BCUT2D eigenvalue weighted by molar-refractivity contribution is -0.0228. The second-order valence-electron chi connectivity index (χ2n) is 8.81. The Bertz CT molecular complexity index is 1000. The van der Waals surface area contributed by atoms with Gasteiger partial charge in [-0.15, -0.1) is 0 Å². The van der Waals surface area contributed by atoms with E-state index >= 15 is 0 Å². The van der Waals surface area contributed by atoms with E-state index in [0.717, 1.165) is 25.3 Å². The van der Waals surface area contributed by atoms with Gasteiger partial charge >= 0.3 is 0 Å². The molecule has 0 radical (unpaired) electrons. The number of nitrogens with zero attached hydrogens (tertiary/aromatic N) is 3. The molecule has 8 nitrogen and oxygen atoms in total. The van der Waals surface area contributed by atoms with Gasteiger partial charge in [0.05, 0.1) is 33.0 Å². The minimum absolute atomic E-state index is 0.0429. The van der Waals surface area contributed by atoms with Gasteiger partial charge in [-0.05, 0) is 60.7 Å². The normalized spacial score (nSPS) is 18.5. The summed E-state index contributed by atoms with van der Waals surface area (Å²) >= 11 is 5.60. The molecule has 2 heterocycles. The molecule has 36 heavy (non-hydrogen) atoms. The minimum atomic E-state index is -0.295. The third-order valence-corrected chi connectivity index (χ3v) is 6.72. The highest BCUT2D eigenvalue weighted by molar-refractivity contribution is 7.80. The summed E-state index contributed by atoms with van der Waals surface area (Å²) in [6.07, 6.45) is -0.196. The van der Waals surface area contributed by atoms with Crippen molar-refractivity contribution in [3.05, 3.63) is 59.9 Å². The van der Waals surface area contributed by atoms with E-state index in [4.69, 9.17) is 26.4 Å². The number of ether oxygens (including phenoxy) is 3. The molecule has 2 aliphatic rings. The summed E-state index contributed by atoms with van der Waals surface area (Å²) < 4.78 is 30.0. The molecule has 2 saturated heterocycles. The van der Waals surface area contributed by atoms with Gasteiger partial charge in [-0.3, -0.25) is 9.69 Å². The van der Waals surface area contributed by atoms with Crippen LogP contribution in [0.1, 0.15) is 10.4 Å². The summed E-state index contributed by atoms with van der Waals surface area (Å²) in [5.41, 5.74) is 1.34. The maximum atomic E-state index is 13.5. The predicted molar refractivity (Wildman–Crippen MR) is 140 cm³/mol. The van der Waals surface area contributed by atoms with Gasteiger partial charge in [-0.25, -0.2) is 4.39 Å². The smallest absolute Gasteiger partial charge is 0.253 e. The number of thiocarbonyl (C=S) groups is 1. The number of halogens is 1. The lowest BCUT2D eigenvalue weighted by Crippen LogP contribution is -2.52. The first-order valence-electron chi connectivity index (χ1n) is 12.2. The largest absolute Gasteiger partial charge is 0.497 e. The lowest BCUT2D eigenvalue weighted by atomic mass is 10.1. The Hall–Kier alpha value is -2.79. The van der Waals surface area contributed by atoms with E-state index in [-0.39, 0.29) is 17.8 Å². The third-order valence-electron chi connectivity index (χ3n) is 6.36. The number of amides is 1. The van der Waals surface area contributed by atoms with Crippen LogP contribution in [-0.4, -0.2) is 105 Å². The van der Waals surface area contributed by atoms with Crippen LogP contribution in [0, 0.1) is 5.82 Å². The molecule has 0 saturated carbocycles. The third kappa shape index (κ3) is 7.36. The standard InChI is InChI=1S/C26H33FN4O4S/c1-33-23-8-2-20(3-9-23)25(32)30(11-10-29-12-15-34-16-13-29)18-24-19-31(14-17-35-24)26(36)28-22-6-4-21(27)5-7-22/h2-9,24H,10-19H2,1H3,(H,28,36)/t24-/m0/s1. The maximum Gasteiger partial charge on any atom is 0.253 e. The van der Waals surface area contributed by atoms with Crippen LogP contribution in [0.3, 0.4) is 0 Å². The van der Waals surface area contributed by atoms with Crippen LogP contribution in [-0.2, 0) is 9.47 Å². The molecular formula is C26H33FN4O4S. The Balaban J connectivity index is 1.40. The van der Waals surface area contributed by atoms with E-state index in [2.05, 4.69) is 10.2 Å². The zero-order chi connectivity index (χ0) is 25.3. The Morgan fingerprint density at radius 2 is 1.83 bits per heavy atom. The number of anilines is 1. The Kier molecular flexibility index (Phi) is 9.46. The van der Waals surface area contributed by atoms with E-state index in [1.165, 1.54) is 12.1 Å². The van der Waals surface area contributed by atoms with E-state index in [9.17, 15) is 9.18 Å². The number of rotatable bonds is 8. The van der Waals surface area contributed by atoms with Gasteiger partial charge in [0.15, 0.2) is 5.11 Å². The van der Waals surface area contributed by atoms with Crippen LogP contribution in [0.5, 0.6) is 5.75 Å². The van der Waals surface area contributed by atoms with Crippen molar-refractivity contribution < 1.29 is 23.4 Å². The summed E-state index contributed by atoms with van der Waals surface area (Å²) in [5.74, 6) is 0.370. The molecular weight excluding hydrogens is 483 g/mol. The summed E-state index contributed by atoms with van der Waals surface area (Å²) in [6, 6.07) is 13.3. The zero-order valence-corrected chi connectivity index (χ0v) is 21.3. The van der Waals surface area contributed by atoms with Gasteiger partial charge in [0.1, 0.15) is 11.6 Å². The number of carbonyl (C=O) groups is 1. The number of morpholine rings is 2. The highest BCUT2D eigenvalue weighted by Crippen LogP contribution is 2.16. The second-order valence-corrected chi connectivity index (χ2v) is 9.20. The van der Waals surface area contributed by atoms with E-state index in [1.807, 2.05) is 9.80 Å². The van der Waals surface area contributed by atoms with E-state index in [1.54, 1.807) is 43.5 Å². The van der Waals surface area contributed by atoms with Crippen LogP contribution < -0.4 is 10.1 Å². The molecule has 0 aromatic heterocycles. The first-order valence-corrected chi connectivity index (χ1v) is 12.6. The molecule has 2 aromatic carbocycles. The van der Waals surface area contributed by atoms with Crippen molar-refractivity contribution in [2.24, 2.45) is 0 Å². The molecule has 2 fully saturated rings. The first-order chi connectivity index (χ1) is 17.5. The van der Waals surface area contributed by atoms with Crippen molar-refractivity contribution in [3.63, 3.8) is 0 Å².